The SMILES string of the molecule is NS(=O)(=O)c1ccc(NC(=O)Nc2ccccc2Cl)cc1. The first-order valence-electron chi connectivity index (χ1n) is 5.81. The van der Waals surface area contributed by atoms with Crippen molar-refractivity contribution in [1.29, 1.82) is 0 Å². The number of primary sulfonamides is 1. The lowest BCUT2D eigenvalue weighted by Crippen LogP contribution is -2.19. The van der Waals surface area contributed by atoms with Gasteiger partial charge in [0.15, 0.2) is 0 Å². The Morgan fingerprint density at radius 1 is 1.00 bits per heavy atom. The Bertz CT molecular complexity index is 760. The van der Waals surface area contributed by atoms with Crippen LogP contribution in [0.1, 0.15) is 0 Å². The number of para-hydroxylation sites is 1. The van der Waals surface area contributed by atoms with Gasteiger partial charge in [-0.25, -0.2) is 18.4 Å². The lowest BCUT2D eigenvalue weighted by atomic mass is 10.3. The Hall–Kier alpha value is -2.09. The zero-order valence-electron chi connectivity index (χ0n) is 10.7. The maximum absolute atomic E-state index is 11.8. The highest BCUT2D eigenvalue weighted by atomic mass is 35.5. The van der Waals surface area contributed by atoms with Gasteiger partial charge < -0.3 is 10.6 Å². The molecule has 0 unspecified atom stereocenters. The molecule has 4 N–H and O–H groups in total. The number of hydrogen-bond acceptors (Lipinski definition) is 3. The summed E-state index contributed by atoms with van der Waals surface area (Å²) < 4.78 is 22.2. The van der Waals surface area contributed by atoms with Crippen molar-refractivity contribution in [3.8, 4) is 0 Å². The number of halogens is 1. The molecule has 0 aliphatic rings. The molecule has 0 radical (unpaired) electrons. The third kappa shape index (κ3) is 4.19. The summed E-state index contributed by atoms with van der Waals surface area (Å²) in [5, 5.41) is 10.5. The standard InChI is InChI=1S/C13H12ClN3O3S/c14-11-3-1-2-4-12(11)17-13(18)16-9-5-7-10(8-6-9)21(15,19)20/h1-8H,(H2,15,19,20)(H2,16,17,18). The molecule has 2 aromatic rings. The number of anilines is 2. The van der Waals surface area contributed by atoms with E-state index >= 15 is 0 Å². The minimum Gasteiger partial charge on any atom is -0.308 e. The second-order valence-electron chi connectivity index (χ2n) is 4.13. The highest BCUT2D eigenvalue weighted by Gasteiger charge is 2.08. The quantitative estimate of drug-likeness (QED) is 0.808. The van der Waals surface area contributed by atoms with Gasteiger partial charge in [0.25, 0.3) is 0 Å². The molecule has 110 valence electrons. The van der Waals surface area contributed by atoms with Gasteiger partial charge in [-0.3, -0.25) is 0 Å². The lowest BCUT2D eigenvalue weighted by molar-refractivity contribution is 0.262. The predicted octanol–water partition coefficient (Wildman–Crippen LogP) is 2.63. The van der Waals surface area contributed by atoms with E-state index in [1.165, 1.54) is 24.3 Å². The fraction of sp³-hybridized carbons (Fsp3) is 0. The summed E-state index contributed by atoms with van der Waals surface area (Å²) in [6, 6.07) is 11.8. The number of carbonyl (C=O) groups excluding carboxylic acids is 1. The van der Waals surface area contributed by atoms with Crippen LogP contribution in [0.15, 0.2) is 53.4 Å². The second kappa shape index (κ2) is 6.13. The van der Waals surface area contributed by atoms with Crippen LogP contribution in [0.3, 0.4) is 0 Å². The van der Waals surface area contributed by atoms with Crippen molar-refractivity contribution in [1.82, 2.24) is 0 Å². The first kappa shape index (κ1) is 15.3. The minimum atomic E-state index is -3.75. The fourth-order valence-corrected chi connectivity index (χ4v) is 2.27. The molecular weight excluding hydrogens is 314 g/mol. The van der Waals surface area contributed by atoms with Crippen LogP contribution in [0.2, 0.25) is 5.02 Å². The zero-order valence-corrected chi connectivity index (χ0v) is 12.3. The van der Waals surface area contributed by atoms with Crippen molar-refractivity contribution >= 4 is 39.0 Å². The van der Waals surface area contributed by atoms with Crippen LogP contribution in [-0.2, 0) is 10.0 Å². The molecule has 21 heavy (non-hydrogen) atoms. The number of urea groups is 1. The van der Waals surface area contributed by atoms with Gasteiger partial charge in [0.05, 0.1) is 15.6 Å². The van der Waals surface area contributed by atoms with Crippen LogP contribution >= 0.6 is 11.6 Å². The maximum Gasteiger partial charge on any atom is 0.323 e. The third-order valence-corrected chi connectivity index (χ3v) is 3.82. The monoisotopic (exact) mass is 325 g/mol. The van der Waals surface area contributed by atoms with Gasteiger partial charge >= 0.3 is 6.03 Å². The number of hydrogen-bond donors (Lipinski definition) is 3. The van der Waals surface area contributed by atoms with Crippen LogP contribution in [-0.4, -0.2) is 14.4 Å². The number of amides is 2. The van der Waals surface area contributed by atoms with E-state index in [1.807, 2.05) is 0 Å². The molecule has 6 nitrogen and oxygen atoms in total. The van der Waals surface area contributed by atoms with E-state index in [0.29, 0.717) is 16.4 Å². The molecule has 0 saturated carbocycles. The second-order valence-corrected chi connectivity index (χ2v) is 6.10. The Labute approximate surface area is 127 Å². The summed E-state index contributed by atoms with van der Waals surface area (Å²) in [7, 11) is -3.75. The minimum absolute atomic E-state index is 0.0282. The van der Waals surface area contributed by atoms with Crippen LogP contribution < -0.4 is 15.8 Å². The van der Waals surface area contributed by atoms with E-state index in [2.05, 4.69) is 10.6 Å². The summed E-state index contributed by atoms with van der Waals surface area (Å²) >= 11 is 5.92. The summed E-state index contributed by atoms with van der Waals surface area (Å²) in [6.45, 7) is 0. The van der Waals surface area contributed by atoms with Crippen LogP contribution in [0.4, 0.5) is 16.2 Å². The Kier molecular flexibility index (Phi) is 4.46. The molecule has 0 fully saturated rings. The molecule has 0 spiro atoms. The van der Waals surface area contributed by atoms with Gasteiger partial charge in [-0.05, 0) is 36.4 Å². The van der Waals surface area contributed by atoms with Crippen LogP contribution in [0.25, 0.3) is 0 Å². The van der Waals surface area contributed by atoms with Gasteiger partial charge in [0.1, 0.15) is 0 Å². The van der Waals surface area contributed by atoms with Crippen molar-refractivity contribution in [3.05, 3.63) is 53.6 Å². The number of rotatable bonds is 3. The van der Waals surface area contributed by atoms with Gasteiger partial charge in [-0.15, -0.1) is 0 Å². The van der Waals surface area contributed by atoms with Gasteiger partial charge in [0, 0.05) is 5.69 Å². The first-order chi connectivity index (χ1) is 9.86. The van der Waals surface area contributed by atoms with Crippen LogP contribution in [0.5, 0.6) is 0 Å². The summed E-state index contributed by atoms with van der Waals surface area (Å²) in [6.07, 6.45) is 0. The largest absolute Gasteiger partial charge is 0.323 e. The van der Waals surface area contributed by atoms with E-state index < -0.39 is 16.1 Å². The third-order valence-electron chi connectivity index (χ3n) is 2.56. The van der Waals surface area contributed by atoms with Crippen molar-refractivity contribution in [3.63, 3.8) is 0 Å². The summed E-state index contributed by atoms with van der Waals surface area (Å²) in [5.41, 5.74) is 0.893. The van der Waals surface area contributed by atoms with E-state index in [0.717, 1.165) is 0 Å². The van der Waals surface area contributed by atoms with E-state index in [1.54, 1.807) is 24.3 Å². The Morgan fingerprint density at radius 2 is 1.62 bits per heavy atom. The smallest absolute Gasteiger partial charge is 0.308 e. The van der Waals surface area contributed by atoms with Crippen molar-refractivity contribution in [2.24, 2.45) is 5.14 Å². The zero-order chi connectivity index (χ0) is 15.5. The Balaban J connectivity index is 2.05. The molecule has 2 rings (SSSR count). The van der Waals surface area contributed by atoms with Crippen molar-refractivity contribution in [2.75, 3.05) is 10.6 Å². The molecule has 0 aliphatic carbocycles. The Morgan fingerprint density at radius 3 is 2.19 bits per heavy atom. The molecule has 0 saturated heterocycles. The van der Waals surface area contributed by atoms with Crippen LogP contribution in [0, 0.1) is 0 Å². The predicted molar refractivity (Wildman–Crippen MR) is 81.9 cm³/mol. The number of carbonyl (C=O) groups is 1. The molecule has 0 aromatic heterocycles. The molecule has 8 heteroatoms. The highest BCUT2D eigenvalue weighted by Crippen LogP contribution is 2.20. The van der Waals surface area contributed by atoms with Gasteiger partial charge in [-0.1, -0.05) is 23.7 Å². The molecule has 0 heterocycles. The highest BCUT2D eigenvalue weighted by molar-refractivity contribution is 7.89. The lowest BCUT2D eigenvalue weighted by Gasteiger charge is -2.09. The average molecular weight is 326 g/mol. The molecular formula is C13H12ClN3O3S. The average Bonchev–Trinajstić information content (AvgIpc) is 2.41. The molecule has 0 aliphatic heterocycles. The van der Waals surface area contributed by atoms with Crippen molar-refractivity contribution < 1.29 is 13.2 Å². The number of nitrogens with two attached hydrogens (primary N) is 1. The number of benzene rings is 2. The molecule has 2 amide bonds. The maximum atomic E-state index is 11.8. The molecule has 0 bridgehead atoms. The summed E-state index contributed by atoms with van der Waals surface area (Å²) in [4.78, 5) is 11.8. The normalized spacial score (nSPS) is 11.0. The topological polar surface area (TPSA) is 101 Å². The molecule has 2 aromatic carbocycles. The number of sulfonamides is 1. The van der Waals surface area contributed by atoms with E-state index in [9.17, 15) is 13.2 Å². The van der Waals surface area contributed by atoms with Crippen molar-refractivity contribution in [2.45, 2.75) is 4.90 Å². The van der Waals surface area contributed by atoms with E-state index in [4.69, 9.17) is 16.7 Å². The fourth-order valence-electron chi connectivity index (χ4n) is 1.58. The first-order valence-corrected chi connectivity index (χ1v) is 7.74. The summed E-state index contributed by atoms with van der Waals surface area (Å²) in [5.74, 6) is 0. The van der Waals surface area contributed by atoms with Gasteiger partial charge in [0.2, 0.25) is 10.0 Å². The molecule has 0 atom stereocenters. The van der Waals surface area contributed by atoms with Gasteiger partial charge in [-0.2, -0.15) is 0 Å². The number of nitrogens with one attached hydrogen (secondary N) is 2. The van der Waals surface area contributed by atoms with E-state index in [-0.39, 0.29) is 4.90 Å².